The summed E-state index contributed by atoms with van der Waals surface area (Å²) in [7, 11) is 0. The zero-order valence-electron chi connectivity index (χ0n) is 10.0. The molecule has 0 aromatic heterocycles. The first-order valence-corrected chi connectivity index (χ1v) is 7.99. The molecule has 92 valence electrons. The quantitative estimate of drug-likeness (QED) is 0.766. The third-order valence-corrected chi connectivity index (χ3v) is 5.29. The molecule has 1 aromatic rings. The van der Waals surface area contributed by atoms with Gasteiger partial charge >= 0.3 is 0 Å². The number of ketones is 1. The van der Waals surface area contributed by atoms with Crippen LogP contribution in [0.3, 0.4) is 0 Å². The topological polar surface area (TPSA) is 17.1 Å². The van der Waals surface area contributed by atoms with Crippen LogP contribution in [-0.4, -0.2) is 17.3 Å². The average Bonchev–Trinajstić information content (AvgIpc) is 2.34. The molecular weight excluding hydrogens is 296 g/mol. The summed E-state index contributed by atoms with van der Waals surface area (Å²) in [6.07, 6.45) is 3.12. The van der Waals surface area contributed by atoms with Crippen molar-refractivity contribution in [1.82, 2.24) is 0 Å². The summed E-state index contributed by atoms with van der Waals surface area (Å²) in [5, 5.41) is 0. The zero-order chi connectivity index (χ0) is 12.3. The van der Waals surface area contributed by atoms with Gasteiger partial charge in [0, 0.05) is 16.5 Å². The summed E-state index contributed by atoms with van der Waals surface area (Å²) in [6.45, 7) is 2.01. The molecule has 1 heterocycles. The number of Topliss-reactive ketones (excluding diaryl/α,β-unsaturated/α-hetero) is 1. The van der Waals surface area contributed by atoms with E-state index in [0.29, 0.717) is 11.7 Å². The summed E-state index contributed by atoms with van der Waals surface area (Å²) < 4.78 is 1.03. The van der Waals surface area contributed by atoms with Crippen molar-refractivity contribution < 1.29 is 4.79 Å². The van der Waals surface area contributed by atoms with E-state index in [4.69, 9.17) is 0 Å². The van der Waals surface area contributed by atoms with E-state index < -0.39 is 0 Å². The third-order valence-electron chi connectivity index (χ3n) is 3.38. The second kappa shape index (κ2) is 6.05. The summed E-state index contributed by atoms with van der Waals surface area (Å²) in [5.74, 6) is 3.34. The van der Waals surface area contributed by atoms with Crippen LogP contribution in [0, 0.1) is 12.8 Å². The second-order valence-corrected chi connectivity index (χ2v) is 6.67. The fourth-order valence-electron chi connectivity index (χ4n) is 2.23. The van der Waals surface area contributed by atoms with Gasteiger partial charge in [0.15, 0.2) is 5.78 Å². The van der Waals surface area contributed by atoms with Gasteiger partial charge in [0.1, 0.15) is 0 Å². The largest absolute Gasteiger partial charge is 0.294 e. The molecule has 1 saturated heterocycles. The Morgan fingerprint density at radius 1 is 1.41 bits per heavy atom. The molecule has 0 amide bonds. The van der Waals surface area contributed by atoms with E-state index in [1.54, 1.807) is 0 Å². The molecule has 0 saturated carbocycles. The minimum Gasteiger partial charge on any atom is -0.294 e. The molecule has 3 heteroatoms. The van der Waals surface area contributed by atoms with Crippen LogP contribution in [0.15, 0.2) is 22.7 Å². The van der Waals surface area contributed by atoms with Crippen molar-refractivity contribution in [2.75, 3.05) is 11.5 Å². The standard InChI is InChI=1S/C14H17BrOS/c1-10-12(3-2-4-13(10)15)14(16)9-11-5-7-17-8-6-11/h2-4,11H,5-9H2,1H3. The van der Waals surface area contributed by atoms with Gasteiger partial charge in [-0.25, -0.2) is 0 Å². The summed E-state index contributed by atoms with van der Waals surface area (Å²) in [4.78, 5) is 12.3. The van der Waals surface area contributed by atoms with E-state index >= 15 is 0 Å². The van der Waals surface area contributed by atoms with Gasteiger partial charge in [-0.2, -0.15) is 11.8 Å². The van der Waals surface area contributed by atoms with Gasteiger partial charge in [-0.15, -0.1) is 0 Å². The molecule has 1 nitrogen and oxygen atoms in total. The van der Waals surface area contributed by atoms with Crippen molar-refractivity contribution in [3.8, 4) is 0 Å². The Labute approximate surface area is 115 Å². The van der Waals surface area contributed by atoms with E-state index in [9.17, 15) is 4.79 Å². The SMILES string of the molecule is Cc1c(Br)cccc1C(=O)CC1CCSCC1. The molecule has 0 spiro atoms. The normalized spacial score (nSPS) is 17.1. The van der Waals surface area contributed by atoms with Gasteiger partial charge in [-0.3, -0.25) is 4.79 Å². The van der Waals surface area contributed by atoms with Crippen LogP contribution in [0.5, 0.6) is 0 Å². The van der Waals surface area contributed by atoms with Gasteiger partial charge in [0.05, 0.1) is 0 Å². The molecule has 0 bridgehead atoms. The predicted octanol–water partition coefficient (Wildman–Crippen LogP) is 4.47. The van der Waals surface area contributed by atoms with Crippen molar-refractivity contribution in [3.63, 3.8) is 0 Å². The van der Waals surface area contributed by atoms with Crippen LogP contribution in [0.1, 0.15) is 35.2 Å². The molecule has 2 rings (SSSR count). The number of rotatable bonds is 3. The highest BCUT2D eigenvalue weighted by molar-refractivity contribution is 9.10. The lowest BCUT2D eigenvalue weighted by molar-refractivity contribution is 0.0958. The number of hydrogen-bond acceptors (Lipinski definition) is 2. The number of halogens is 1. The lowest BCUT2D eigenvalue weighted by atomic mass is 9.92. The fraction of sp³-hybridized carbons (Fsp3) is 0.500. The van der Waals surface area contributed by atoms with Crippen molar-refractivity contribution in [2.24, 2.45) is 5.92 Å². The van der Waals surface area contributed by atoms with Gasteiger partial charge in [-0.1, -0.05) is 28.1 Å². The molecule has 0 unspecified atom stereocenters. The van der Waals surface area contributed by atoms with E-state index in [2.05, 4.69) is 15.9 Å². The smallest absolute Gasteiger partial charge is 0.163 e. The Bertz CT molecular complexity index is 411. The molecule has 0 N–H and O–H groups in total. The first kappa shape index (κ1) is 13.2. The molecule has 1 aliphatic heterocycles. The Morgan fingerprint density at radius 3 is 2.82 bits per heavy atom. The highest BCUT2D eigenvalue weighted by atomic mass is 79.9. The van der Waals surface area contributed by atoms with Crippen LogP contribution in [0.2, 0.25) is 0 Å². The Kier molecular flexibility index (Phi) is 4.69. The summed E-state index contributed by atoms with van der Waals surface area (Å²) >= 11 is 5.49. The first-order valence-electron chi connectivity index (χ1n) is 6.04. The number of benzene rings is 1. The van der Waals surface area contributed by atoms with Gasteiger partial charge < -0.3 is 0 Å². The second-order valence-electron chi connectivity index (χ2n) is 4.60. The van der Waals surface area contributed by atoms with Crippen molar-refractivity contribution >= 4 is 33.5 Å². The van der Waals surface area contributed by atoms with E-state index in [1.807, 2.05) is 36.9 Å². The lowest BCUT2D eigenvalue weighted by Gasteiger charge is -2.20. The molecule has 1 aromatic carbocycles. The Hall–Kier alpha value is -0.280. The predicted molar refractivity (Wildman–Crippen MR) is 77.9 cm³/mol. The third kappa shape index (κ3) is 3.35. The van der Waals surface area contributed by atoms with Crippen LogP contribution in [0.25, 0.3) is 0 Å². The maximum absolute atomic E-state index is 12.3. The highest BCUT2D eigenvalue weighted by Crippen LogP contribution is 2.28. The molecular formula is C14H17BrOS. The van der Waals surface area contributed by atoms with E-state index in [0.717, 1.165) is 22.0 Å². The van der Waals surface area contributed by atoms with Gasteiger partial charge in [-0.05, 0) is 48.8 Å². The Morgan fingerprint density at radius 2 is 2.12 bits per heavy atom. The van der Waals surface area contributed by atoms with Crippen molar-refractivity contribution in [2.45, 2.75) is 26.2 Å². The average molecular weight is 313 g/mol. The van der Waals surface area contributed by atoms with Gasteiger partial charge in [0.25, 0.3) is 0 Å². The number of thioether (sulfide) groups is 1. The number of carbonyl (C=O) groups is 1. The van der Waals surface area contributed by atoms with Crippen LogP contribution in [-0.2, 0) is 0 Å². The molecule has 0 aliphatic carbocycles. The van der Waals surface area contributed by atoms with Crippen molar-refractivity contribution in [1.29, 1.82) is 0 Å². The van der Waals surface area contributed by atoms with Gasteiger partial charge in [0.2, 0.25) is 0 Å². The minimum atomic E-state index is 0.306. The highest BCUT2D eigenvalue weighted by Gasteiger charge is 2.19. The number of carbonyl (C=O) groups excluding carboxylic acids is 1. The Balaban J connectivity index is 2.06. The van der Waals surface area contributed by atoms with Crippen LogP contribution < -0.4 is 0 Å². The van der Waals surface area contributed by atoms with E-state index in [1.165, 1.54) is 24.3 Å². The summed E-state index contributed by atoms with van der Waals surface area (Å²) in [5.41, 5.74) is 1.96. The lowest BCUT2D eigenvalue weighted by Crippen LogP contribution is -2.15. The zero-order valence-corrected chi connectivity index (χ0v) is 12.4. The minimum absolute atomic E-state index is 0.306. The monoisotopic (exact) mass is 312 g/mol. The number of hydrogen-bond donors (Lipinski definition) is 0. The first-order chi connectivity index (χ1) is 8.18. The molecule has 0 atom stereocenters. The van der Waals surface area contributed by atoms with Crippen LogP contribution in [0.4, 0.5) is 0 Å². The fourth-order valence-corrected chi connectivity index (χ4v) is 3.80. The maximum Gasteiger partial charge on any atom is 0.163 e. The maximum atomic E-state index is 12.3. The molecule has 17 heavy (non-hydrogen) atoms. The van der Waals surface area contributed by atoms with E-state index in [-0.39, 0.29) is 0 Å². The molecule has 0 radical (unpaired) electrons. The molecule has 1 fully saturated rings. The van der Waals surface area contributed by atoms with Crippen LogP contribution >= 0.6 is 27.7 Å². The molecule has 1 aliphatic rings. The summed E-state index contributed by atoms with van der Waals surface area (Å²) in [6, 6.07) is 5.88. The van der Waals surface area contributed by atoms with Crippen molar-refractivity contribution in [3.05, 3.63) is 33.8 Å².